The summed E-state index contributed by atoms with van der Waals surface area (Å²) in [5.74, 6) is 1.32. The topological polar surface area (TPSA) is 38.9 Å². The number of benzene rings is 2. The normalized spacial score (nSPS) is 10.7. The van der Waals surface area contributed by atoms with Crippen molar-refractivity contribution in [3.63, 3.8) is 0 Å². The number of halogens is 1. The van der Waals surface area contributed by atoms with Gasteiger partial charge in [-0.3, -0.25) is 0 Å². The molecule has 0 aliphatic rings. The predicted octanol–water partition coefficient (Wildman–Crippen LogP) is 4.68. The smallest absolute Gasteiger partial charge is 0.277 e. The van der Waals surface area contributed by atoms with Crippen LogP contribution >= 0.6 is 23.4 Å². The molecule has 0 saturated heterocycles. The van der Waals surface area contributed by atoms with Crippen LogP contribution in [0, 0.1) is 0 Å². The first kappa shape index (κ1) is 13.2. The highest BCUT2D eigenvalue weighted by Gasteiger charge is 2.09. The fraction of sp³-hybridized carbons (Fsp3) is 0.0667. The van der Waals surface area contributed by atoms with Crippen LogP contribution in [0.5, 0.6) is 0 Å². The maximum atomic E-state index is 5.85. The van der Waals surface area contributed by atoms with E-state index >= 15 is 0 Å². The van der Waals surface area contributed by atoms with E-state index in [-0.39, 0.29) is 0 Å². The molecule has 5 heteroatoms. The molecule has 0 bridgehead atoms. The monoisotopic (exact) mass is 302 g/mol. The summed E-state index contributed by atoms with van der Waals surface area (Å²) in [6.07, 6.45) is 0. The van der Waals surface area contributed by atoms with Gasteiger partial charge in [-0.25, -0.2) is 0 Å². The minimum absolute atomic E-state index is 0.511. The van der Waals surface area contributed by atoms with Crippen molar-refractivity contribution in [2.24, 2.45) is 0 Å². The van der Waals surface area contributed by atoms with E-state index in [1.807, 2.05) is 30.3 Å². The molecule has 2 aromatic carbocycles. The summed E-state index contributed by atoms with van der Waals surface area (Å²) in [5, 5.41) is 9.35. The Morgan fingerprint density at radius 1 is 0.950 bits per heavy atom. The lowest BCUT2D eigenvalue weighted by molar-refractivity contribution is 0.466. The van der Waals surface area contributed by atoms with Gasteiger partial charge in [-0.2, -0.15) is 0 Å². The SMILES string of the molecule is Clc1ccc(-c2nnc(SCc3ccccc3)o2)cc1. The zero-order chi connectivity index (χ0) is 13.8. The van der Waals surface area contributed by atoms with Crippen molar-refractivity contribution in [1.29, 1.82) is 0 Å². The van der Waals surface area contributed by atoms with Gasteiger partial charge in [0.15, 0.2) is 0 Å². The molecule has 0 spiro atoms. The van der Waals surface area contributed by atoms with E-state index in [1.165, 1.54) is 17.3 Å². The van der Waals surface area contributed by atoms with E-state index in [4.69, 9.17) is 16.0 Å². The molecule has 1 aromatic heterocycles. The molecule has 3 nitrogen and oxygen atoms in total. The van der Waals surface area contributed by atoms with Crippen molar-refractivity contribution in [3.8, 4) is 11.5 Å². The Morgan fingerprint density at radius 2 is 1.70 bits per heavy atom. The molecule has 20 heavy (non-hydrogen) atoms. The third-order valence-electron chi connectivity index (χ3n) is 2.70. The molecule has 0 aliphatic carbocycles. The van der Waals surface area contributed by atoms with Gasteiger partial charge in [0.1, 0.15) is 0 Å². The van der Waals surface area contributed by atoms with Crippen LogP contribution in [0.15, 0.2) is 64.2 Å². The zero-order valence-electron chi connectivity index (χ0n) is 10.5. The maximum absolute atomic E-state index is 5.85. The molecular weight excluding hydrogens is 292 g/mol. The zero-order valence-corrected chi connectivity index (χ0v) is 12.1. The molecule has 0 N–H and O–H groups in total. The summed E-state index contributed by atoms with van der Waals surface area (Å²) in [4.78, 5) is 0. The summed E-state index contributed by atoms with van der Waals surface area (Å²) >= 11 is 7.38. The second kappa shape index (κ2) is 6.11. The summed E-state index contributed by atoms with van der Waals surface area (Å²) in [7, 11) is 0. The maximum Gasteiger partial charge on any atom is 0.277 e. The van der Waals surface area contributed by atoms with Crippen LogP contribution in [0.25, 0.3) is 11.5 Å². The van der Waals surface area contributed by atoms with Gasteiger partial charge in [-0.15, -0.1) is 10.2 Å². The number of aromatic nitrogens is 2. The van der Waals surface area contributed by atoms with E-state index < -0.39 is 0 Å². The Morgan fingerprint density at radius 3 is 2.45 bits per heavy atom. The standard InChI is InChI=1S/C15H11ClN2OS/c16-13-8-6-12(7-9-13)14-17-18-15(19-14)20-10-11-4-2-1-3-5-11/h1-9H,10H2. The molecule has 100 valence electrons. The molecule has 0 amide bonds. The lowest BCUT2D eigenvalue weighted by atomic mass is 10.2. The highest BCUT2D eigenvalue weighted by molar-refractivity contribution is 7.98. The molecule has 1 heterocycles. The highest BCUT2D eigenvalue weighted by atomic mass is 35.5. The summed E-state index contributed by atoms with van der Waals surface area (Å²) in [6.45, 7) is 0. The van der Waals surface area contributed by atoms with Gasteiger partial charge in [-0.1, -0.05) is 53.7 Å². The van der Waals surface area contributed by atoms with Crippen LogP contribution in [0.3, 0.4) is 0 Å². The van der Waals surface area contributed by atoms with Crippen molar-refractivity contribution in [2.75, 3.05) is 0 Å². The molecule has 3 rings (SSSR count). The summed E-state index contributed by atoms with van der Waals surface area (Å²) < 4.78 is 5.63. The fourth-order valence-electron chi connectivity index (χ4n) is 1.70. The molecule has 0 aliphatic heterocycles. The van der Waals surface area contributed by atoms with Crippen molar-refractivity contribution in [3.05, 3.63) is 65.2 Å². The van der Waals surface area contributed by atoms with E-state index in [2.05, 4.69) is 22.3 Å². The number of hydrogen-bond acceptors (Lipinski definition) is 4. The number of thioether (sulfide) groups is 1. The second-order valence-electron chi connectivity index (χ2n) is 4.15. The minimum Gasteiger partial charge on any atom is -0.411 e. The lowest BCUT2D eigenvalue weighted by Gasteiger charge is -1.97. The minimum atomic E-state index is 0.511. The Kier molecular flexibility index (Phi) is 4.04. The summed E-state index contributed by atoms with van der Waals surface area (Å²) in [6, 6.07) is 17.5. The first-order chi connectivity index (χ1) is 9.81. The van der Waals surface area contributed by atoms with Crippen LogP contribution < -0.4 is 0 Å². The van der Waals surface area contributed by atoms with Crippen LogP contribution in [0.2, 0.25) is 5.02 Å². The molecule has 3 aromatic rings. The van der Waals surface area contributed by atoms with Gasteiger partial charge in [0.2, 0.25) is 5.89 Å². The van der Waals surface area contributed by atoms with Gasteiger partial charge < -0.3 is 4.42 Å². The van der Waals surface area contributed by atoms with E-state index in [9.17, 15) is 0 Å². The first-order valence-corrected chi connectivity index (χ1v) is 7.44. The van der Waals surface area contributed by atoms with Crippen LogP contribution in [0.4, 0.5) is 0 Å². The average molecular weight is 303 g/mol. The quantitative estimate of drug-likeness (QED) is 0.656. The average Bonchev–Trinajstić information content (AvgIpc) is 2.96. The Hall–Kier alpha value is -1.78. The van der Waals surface area contributed by atoms with Gasteiger partial charge in [0, 0.05) is 16.3 Å². The molecule has 0 unspecified atom stereocenters. The molecule has 0 saturated carbocycles. The Balaban J connectivity index is 1.69. The molecular formula is C15H11ClN2OS. The van der Waals surface area contributed by atoms with E-state index in [0.717, 1.165) is 11.3 Å². The Labute approximate surface area is 126 Å². The van der Waals surface area contributed by atoms with Gasteiger partial charge in [0.25, 0.3) is 5.22 Å². The number of rotatable bonds is 4. The number of hydrogen-bond donors (Lipinski definition) is 0. The predicted molar refractivity (Wildman–Crippen MR) is 80.7 cm³/mol. The van der Waals surface area contributed by atoms with Crippen molar-refractivity contribution in [2.45, 2.75) is 11.0 Å². The Bertz CT molecular complexity index is 683. The molecule has 0 fully saturated rings. The summed E-state index contributed by atoms with van der Waals surface area (Å²) in [5.41, 5.74) is 2.09. The highest BCUT2D eigenvalue weighted by Crippen LogP contribution is 2.26. The lowest BCUT2D eigenvalue weighted by Crippen LogP contribution is -1.79. The molecule has 0 radical (unpaired) electrons. The third-order valence-corrected chi connectivity index (χ3v) is 3.84. The molecule has 0 atom stereocenters. The van der Waals surface area contributed by atoms with E-state index in [1.54, 1.807) is 12.1 Å². The fourth-order valence-corrected chi connectivity index (χ4v) is 2.54. The van der Waals surface area contributed by atoms with Crippen LogP contribution in [-0.2, 0) is 5.75 Å². The second-order valence-corrected chi connectivity index (χ2v) is 5.52. The van der Waals surface area contributed by atoms with Gasteiger partial charge >= 0.3 is 0 Å². The van der Waals surface area contributed by atoms with Gasteiger partial charge in [-0.05, 0) is 29.8 Å². The van der Waals surface area contributed by atoms with Crippen molar-refractivity contribution in [1.82, 2.24) is 10.2 Å². The van der Waals surface area contributed by atoms with Crippen molar-refractivity contribution < 1.29 is 4.42 Å². The third kappa shape index (κ3) is 3.21. The van der Waals surface area contributed by atoms with E-state index in [0.29, 0.717) is 16.1 Å². The van der Waals surface area contributed by atoms with Crippen molar-refractivity contribution >= 4 is 23.4 Å². The first-order valence-electron chi connectivity index (χ1n) is 6.07. The van der Waals surface area contributed by atoms with Crippen LogP contribution in [0.1, 0.15) is 5.56 Å². The number of nitrogens with zero attached hydrogens (tertiary/aromatic N) is 2. The largest absolute Gasteiger partial charge is 0.411 e. The van der Waals surface area contributed by atoms with Crippen LogP contribution in [-0.4, -0.2) is 10.2 Å². The van der Waals surface area contributed by atoms with Gasteiger partial charge in [0.05, 0.1) is 0 Å².